The Labute approximate surface area is 191 Å². The molecule has 0 aliphatic rings. The zero-order chi connectivity index (χ0) is 20.3. The van der Waals surface area contributed by atoms with Crippen molar-refractivity contribution in [3.63, 3.8) is 0 Å². The number of amides is 1. The molecule has 8 heteroatoms. The van der Waals surface area contributed by atoms with Crippen LogP contribution in [-0.4, -0.2) is 48.7 Å². The summed E-state index contributed by atoms with van der Waals surface area (Å²) in [6, 6.07) is 11.8. The lowest BCUT2D eigenvalue weighted by Crippen LogP contribution is -2.37. The van der Waals surface area contributed by atoms with Crippen molar-refractivity contribution < 1.29 is 4.79 Å². The number of likely N-dealkylation sites (N-methyl/N-ethyl adjacent to an activating group) is 1. The molecule has 0 saturated heterocycles. The molecule has 0 fully saturated rings. The van der Waals surface area contributed by atoms with Gasteiger partial charge in [-0.1, -0.05) is 22.9 Å². The van der Waals surface area contributed by atoms with Crippen molar-refractivity contribution in [3.05, 3.63) is 52.5 Å². The zero-order valence-corrected chi connectivity index (χ0v) is 20.1. The van der Waals surface area contributed by atoms with E-state index in [1.807, 2.05) is 43.3 Å². The second kappa shape index (κ2) is 10.6. The molecule has 0 N–H and O–H groups in total. The minimum absolute atomic E-state index is 0. The lowest BCUT2D eigenvalue weighted by Gasteiger charge is -2.21. The number of thiazole rings is 1. The van der Waals surface area contributed by atoms with Crippen molar-refractivity contribution in [2.45, 2.75) is 18.7 Å². The van der Waals surface area contributed by atoms with Gasteiger partial charge >= 0.3 is 0 Å². The van der Waals surface area contributed by atoms with Crippen LogP contribution in [0.2, 0.25) is 5.02 Å². The second-order valence-electron chi connectivity index (χ2n) is 6.99. The van der Waals surface area contributed by atoms with Crippen LogP contribution in [0.3, 0.4) is 0 Å². The summed E-state index contributed by atoms with van der Waals surface area (Å²) in [5, 5.41) is 1.46. The van der Waals surface area contributed by atoms with Crippen molar-refractivity contribution in [3.8, 4) is 0 Å². The fourth-order valence-corrected chi connectivity index (χ4v) is 4.65. The molecule has 1 amide bonds. The first-order valence-corrected chi connectivity index (χ1v) is 11.2. The van der Waals surface area contributed by atoms with Gasteiger partial charge < -0.3 is 4.90 Å². The van der Waals surface area contributed by atoms with Gasteiger partial charge in [0.15, 0.2) is 5.13 Å². The van der Waals surface area contributed by atoms with Crippen molar-refractivity contribution in [2.24, 2.45) is 0 Å². The lowest BCUT2D eigenvalue weighted by molar-refractivity contribution is -0.116. The van der Waals surface area contributed by atoms with Gasteiger partial charge in [0.25, 0.3) is 0 Å². The molecule has 0 aliphatic carbocycles. The second-order valence-corrected chi connectivity index (χ2v) is 9.49. The number of halogens is 2. The van der Waals surface area contributed by atoms with E-state index in [4.69, 9.17) is 16.6 Å². The summed E-state index contributed by atoms with van der Waals surface area (Å²) in [6.45, 7) is 5.59. The van der Waals surface area contributed by atoms with Crippen molar-refractivity contribution in [1.82, 2.24) is 9.88 Å². The van der Waals surface area contributed by atoms with E-state index in [1.165, 1.54) is 22.9 Å². The number of nitrogens with zero attached hydrogens (tertiary/aromatic N) is 3. The van der Waals surface area contributed by atoms with E-state index in [9.17, 15) is 4.79 Å². The van der Waals surface area contributed by atoms with E-state index in [2.05, 4.69) is 30.9 Å². The van der Waals surface area contributed by atoms with Crippen molar-refractivity contribution in [2.75, 3.05) is 37.8 Å². The highest BCUT2D eigenvalue weighted by molar-refractivity contribution is 8.00. The van der Waals surface area contributed by atoms with Gasteiger partial charge in [0.05, 0.1) is 16.0 Å². The molecule has 0 aliphatic heterocycles. The van der Waals surface area contributed by atoms with Crippen molar-refractivity contribution >= 4 is 68.4 Å². The summed E-state index contributed by atoms with van der Waals surface area (Å²) < 4.78 is 1.12. The Morgan fingerprint density at radius 1 is 1.10 bits per heavy atom. The monoisotopic (exact) mass is 469 g/mol. The minimum atomic E-state index is 0. The summed E-state index contributed by atoms with van der Waals surface area (Å²) >= 11 is 9.04. The predicted octanol–water partition coefficient (Wildman–Crippen LogP) is 5.68. The van der Waals surface area contributed by atoms with Crippen LogP contribution in [0, 0.1) is 13.8 Å². The summed E-state index contributed by atoms with van der Waals surface area (Å²) in [5.41, 5.74) is 3.41. The Morgan fingerprint density at radius 3 is 2.41 bits per heavy atom. The third kappa shape index (κ3) is 6.33. The van der Waals surface area contributed by atoms with Gasteiger partial charge in [-0.25, -0.2) is 4.98 Å². The van der Waals surface area contributed by atoms with Gasteiger partial charge in [0, 0.05) is 23.0 Å². The highest BCUT2D eigenvalue weighted by Crippen LogP contribution is 2.31. The Balaban J connectivity index is 0.00000300. The van der Waals surface area contributed by atoms with Crippen LogP contribution in [0.5, 0.6) is 0 Å². The third-order valence-corrected chi connectivity index (χ3v) is 6.76. The molecule has 156 valence electrons. The quantitative estimate of drug-likeness (QED) is 0.417. The SMILES string of the molecule is Cc1cc2nc(N(CCN(C)C)C(=O)CSc3ccc(Cl)cc3)sc2cc1C.Cl. The van der Waals surface area contributed by atoms with E-state index in [1.54, 1.807) is 11.3 Å². The zero-order valence-electron chi connectivity index (χ0n) is 16.9. The first kappa shape index (κ1) is 24.0. The molecule has 2 aromatic carbocycles. The first-order valence-electron chi connectivity index (χ1n) is 9.05. The number of aryl methyl sites for hydroxylation is 2. The highest BCUT2D eigenvalue weighted by atomic mass is 35.5. The van der Waals surface area contributed by atoms with Crippen LogP contribution in [-0.2, 0) is 4.79 Å². The number of carbonyl (C=O) groups is 1. The molecule has 0 bridgehead atoms. The molecule has 1 heterocycles. The molecule has 0 atom stereocenters. The number of fused-ring (bicyclic) bond motifs is 1. The Bertz CT molecular complexity index is 935. The number of hydrogen-bond acceptors (Lipinski definition) is 5. The van der Waals surface area contributed by atoms with Crippen LogP contribution in [0.15, 0.2) is 41.3 Å². The molecule has 0 unspecified atom stereocenters. The maximum absolute atomic E-state index is 13.0. The number of benzene rings is 2. The Morgan fingerprint density at radius 2 is 1.76 bits per heavy atom. The van der Waals surface area contributed by atoms with E-state index < -0.39 is 0 Å². The Hall–Kier alpha value is -1.31. The molecule has 0 saturated carbocycles. The fraction of sp³-hybridized carbons (Fsp3) is 0.333. The van der Waals surface area contributed by atoms with Crippen molar-refractivity contribution in [1.29, 1.82) is 0 Å². The molecule has 0 spiro atoms. The van der Waals surface area contributed by atoms with Crippen LogP contribution in [0.25, 0.3) is 10.2 Å². The Kier molecular flexibility index (Phi) is 8.79. The third-order valence-electron chi connectivity index (χ3n) is 4.47. The first-order chi connectivity index (χ1) is 13.3. The van der Waals surface area contributed by atoms with Crippen LogP contribution in [0.4, 0.5) is 5.13 Å². The normalized spacial score (nSPS) is 11.0. The smallest absolute Gasteiger partial charge is 0.239 e. The molecule has 0 radical (unpaired) electrons. The number of carbonyl (C=O) groups excluding carboxylic acids is 1. The number of anilines is 1. The average Bonchev–Trinajstić information content (AvgIpc) is 3.03. The van der Waals surface area contributed by atoms with Crippen LogP contribution in [0.1, 0.15) is 11.1 Å². The maximum atomic E-state index is 13.0. The topological polar surface area (TPSA) is 36.4 Å². The fourth-order valence-electron chi connectivity index (χ4n) is 2.66. The van der Waals surface area contributed by atoms with Crippen LogP contribution < -0.4 is 4.90 Å². The molecule has 1 aromatic heterocycles. The standard InChI is InChI=1S/C21H24ClN3OS2.ClH/c1-14-11-18-19(12-15(14)2)28-21(23-18)25(10-9-24(3)4)20(26)13-27-17-7-5-16(22)6-8-17;/h5-8,11-12H,9-10,13H2,1-4H3;1H. The maximum Gasteiger partial charge on any atom is 0.239 e. The van der Waals surface area contributed by atoms with Gasteiger partial charge in [0.2, 0.25) is 5.91 Å². The highest BCUT2D eigenvalue weighted by Gasteiger charge is 2.20. The molecule has 3 rings (SSSR count). The van der Waals surface area contributed by atoms with Crippen LogP contribution >= 0.6 is 47.1 Å². The molecular formula is C21H25Cl2N3OS2. The van der Waals surface area contributed by atoms with E-state index >= 15 is 0 Å². The summed E-state index contributed by atoms with van der Waals surface area (Å²) in [5.74, 6) is 0.428. The van der Waals surface area contributed by atoms with E-state index in [-0.39, 0.29) is 18.3 Å². The van der Waals surface area contributed by atoms with Gasteiger partial charge in [-0.2, -0.15) is 0 Å². The van der Waals surface area contributed by atoms with E-state index in [0.717, 1.165) is 26.8 Å². The van der Waals surface area contributed by atoms with Gasteiger partial charge in [-0.3, -0.25) is 9.69 Å². The van der Waals surface area contributed by atoms with Gasteiger partial charge in [-0.15, -0.1) is 24.2 Å². The lowest BCUT2D eigenvalue weighted by atomic mass is 10.1. The van der Waals surface area contributed by atoms with E-state index in [0.29, 0.717) is 17.3 Å². The molecular weight excluding hydrogens is 445 g/mol. The largest absolute Gasteiger partial charge is 0.308 e. The summed E-state index contributed by atoms with van der Waals surface area (Å²) in [7, 11) is 4.02. The molecule has 29 heavy (non-hydrogen) atoms. The number of thioether (sulfide) groups is 1. The molecule has 4 nitrogen and oxygen atoms in total. The minimum Gasteiger partial charge on any atom is -0.308 e. The predicted molar refractivity (Wildman–Crippen MR) is 129 cm³/mol. The summed E-state index contributed by atoms with van der Waals surface area (Å²) in [6.07, 6.45) is 0. The molecule has 3 aromatic rings. The number of hydrogen-bond donors (Lipinski definition) is 0. The average molecular weight is 470 g/mol. The number of aromatic nitrogens is 1. The van der Waals surface area contributed by atoms with Gasteiger partial charge in [0.1, 0.15) is 0 Å². The van der Waals surface area contributed by atoms with Gasteiger partial charge in [-0.05, 0) is 75.5 Å². The summed E-state index contributed by atoms with van der Waals surface area (Å²) in [4.78, 5) is 22.7. The number of rotatable bonds is 7.